The number of nitrogens with one attached hydrogen (secondary N) is 4. The van der Waals surface area contributed by atoms with Crippen LogP contribution >= 0.6 is 15.9 Å². The maximum absolute atomic E-state index is 3.73. The molecule has 6 aromatic rings. The summed E-state index contributed by atoms with van der Waals surface area (Å²) in [4.78, 5) is 7.29. The van der Waals surface area contributed by atoms with Crippen molar-refractivity contribution in [1.82, 2.24) is 20.6 Å². The monoisotopic (exact) mass is 646 g/mol. The molecule has 0 bridgehead atoms. The second-order valence-corrected chi connectivity index (χ2v) is 12.8. The van der Waals surface area contributed by atoms with Gasteiger partial charge < -0.3 is 20.6 Å². The van der Waals surface area contributed by atoms with Crippen molar-refractivity contribution in [1.29, 1.82) is 0 Å². The van der Waals surface area contributed by atoms with Gasteiger partial charge in [-0.15, -0.1) is 0 Å². The Hall–Kier alpha value is -3.64. The highest BCUT2D eigenvalue weighted by Gasteiger charge is 2.25. The number of H-pyrrole nitrogens is 2. The van der Waals surface area contributed by atoms with E-state index in [1.807, 2.05) is 0 Å². The molecule has 0 spiro atoms. The number of aromatic nitrogens is 2. The van der Waals surface area contributed by atoms with Crippen LogP contribution in [0.3, 0.4) is 0 Å². The Morgan fingerprint density at radius 1 is 0.591 bits per heavy atom. The molecule has 0 saturated carbocycles. The predicted molar refractivity (Wildman–Crippen MR) is 189 cm³/mol. The number of aromatic amines is 2. The average Bonchev–Trinajstić information content (AvgIpc) is 3.63. The summed E-state index contributed by atoms with van der Waals surface area (Å²) in [7, 11) is 0. The molecule has 226 valence electrons. The first-order valence-electron chi connectivity index (χ1n) is 15.7. The lowest BCUT2D eigenvalue weighted by Gasteiger charge is -2.24. The number of hydrogen-bond acceptors (Lipinski definition) is 2. The van der Waals surface area contributed by atoms with Crippen molar-refractivity contribution in [3.63, 3.8) is 0 Å². The second-order valence-electron chi connectivity index (χ2n) is 11.9. The van der Waals surface area contributed by atoms with Crippen LogP contribution in [0.25, 0.3) is 21.8 Å². The molecule has 0 saturated heterocycles. The lowest BCUT2D eigenvalue weighted by molar-refractivity contribution is 0.452. The number of benzene rings is 4. The Kier molecular flexibility index (Phi) is 9.66. The van der Waals surface area contributed by atoms with Crippen molar-refractivity contribution in [3.05, 3.63) is 141 Å². The number of aryl methyl sites for hydroxylation is 2. The third kappa shape index (κ3) is 6.56. The van der Waals surface area contributed by atoms with Crippen LogP contribution in [0.2, 0.25) is 0 Å². The Labute approximate surface area is 269 Å². The summed E-state index contributed by atoms with van der Waals surface area (Å²) in [6.45, 7) is 1.85. The minimum Gasteiger partial charge on any atom is -0.357 e. The van der Waals surface area contributed by atoms with Crippen molar-refractivity contribution in [2.45, 2.75) is 71.1 Å². The topological polar surface area (TPSA) is 55.6 Å². The van der Waals surface area contributed by atoms with E-state index in [0.29, 0.717) is 12.1 Å². The highest BCUT2D eigenvalue weighted by atomic mass is 79.9. The summed E-state index contributed by atoms with van der Waals surface area (Å²) in [6, 6.07) is 37.3. The summed E-state index contributed by atoms with van der Waals surface area (Å²) >= 11 is 3.59. The predicted octanol–water partition coefficient (Wildman–Crippen LogP) is 10.1. The fourth-order valence-electron chi connectivity index (χ4n) is 6.93. The highest BCUT2D eigenvalue weighted by molar-refractivity contribution is 9.10. The second kappa shape index (κ2) is 14.0. The molecule has 4 N–H and O–H groups in total. The van der Waals surface area contributed by atoms with Gasteiger partial charge in [-0.3, -0.25) is 0 Å². The van der Waals surface area contributed by atoms with E-state index in [-0.39, 0.29) is 7.43 Å². The normalized spacial score (nSPS) is 17.3. The largest absolute Gasteiger partial charge is 0.357 e. The van der Waals surface area contributed by atoms with E-state index in [0.717, 1.165) is 17.6 Å². The molecule has 2 atom stereocenters. The van der Waals surface area contributed by atoms with Gasteiger partial charge in [0.2, 0.25) is 0 Å². The molecular formula is C39H43BrN4. The summed E-state index contributed by atoms with van der Waals surface area (Å²) < 4.78 is 1.15. The van der Waals surface area contributed by atoms with Gasteiger partial charge in [0.15, 0.2) is 0 Å². The maximum atomic E-state index is 3.73. The van der Waals surface area contributed by atoms with Crippen molar-refractivity contribution < 1.29 is 0 Å². The third-order valence-electron chi connectivity index (χ3n) is 9.07. The van der Waals surface area contributed by atoms with Gasteiger partial charge in [-0.05, 0) is 85.0 Å². The van der Waals surface area contributed by atoms with E-state index in [4.69, 9.17) is 0 Å². The fourth-order valence-corrected chi connectivity index (χ4v) is 7.29. The molecule has 4 aromatic carbocycles. The van der Waals surface area contributed by atoms with Crippen molar-refractivity contribution in [2.24, 2.45) is 0 Å². The molecule has 2 aromatic heterocycles. The number of halogens is 1. The summed E-state index contributed by atoms with van der Waals surface area (Å²) in [5.74, 6) is 0. The summed E-state index contributed by atoms with van der Waals surface area (Å²) in [6.07, 6.45) is 7.30. The Morgan fingerprint density at radius 3 is 1.68 bits per heavy atom. The first-order chi connectivity index (χ1) is 21.2. The molecule has 8 rings (SSSR count). The van der Waals surface area contributed by atoms with Crippen LogP contribution in [0.4, 0.5) is 0 Å². The molecule has 0 aliphatic heterocycles. The van der Waals surface area contributed by atoms with E-state index in [9.17, 15) is 0 Å². The van der Waals surface area contributed by atoms with Gasteiger partial charge in [-0.1, -0.05) is 102 Å². The molecule has 0 amide bonds. The zero-order valence-electron chi connectivity index (χ0n) is 24.5. The fraction of sp³-hybridized carbons (Fsp3) is 0.282. The van der Waals surface area contributed by atoms with Gasteiger partial charge in [0.25, 0.3) is 0 Å². The van der Waals surface area contributed by atoms with Crippen LogP contribution < -0.4 is 10.6 Å². The molecule has 2 aliphatic rings. The van der Waals surface area contributed by atoms with Crippen LogP contribution in [0.5, 0.6) is 0 Å². The minimum absolute atomic E-state index is 0. The third-order valence-corrected chi connectivity index (χ3v) is 9.57. The van der Waals surface area contributed by atoms with Gasteiger partial charge in [0.05, 0.1) is 0 Å². The Morgan fingerprint density at radius 2 is 1.09 bits per heavy atom. The quantitative estimate of drug-likeness (QED) is 0.145. The lowest BCUT2D eigenvalue weighted by atomic mass is 9.91. The van der Waals surface area contributed by atoms with Gasteiger partial charge in [-0.25, -0.2) is 0 Å². The SMILES string of the molecule is Brc1ccc2[nH]c3c(c2c1)CCC[C@H]3NCc1ccccc1.C.c1ccc(CN[C@@H]2CCCc3c2[nH]c2ccccc32)cc1. The number of para-hydroxylation sites is 1. The molecule has 5 heteroatoms. The first kappa shape index (κ1) is 30.4. The molecule has 0 radical (unpaired) electrons. The van der Waals surface area contributed by atoms with Gasteiger partial charge >= 0.3 is 0 Å². The van der Waals surface area contributed by atoms with Crippen molar-refractivity contribution >= 4 is 37.7 Å². The first-order valence-corrected chi connectivity index (χ1v) is 16.5. The zero-order valence-corrected chi connectivity index (χ0v) is 26.1. The Bertz CT molecular complexity index is 1800. The van der Waals surface area contributed by atoms with Crippen LogP contribution in [-0.2, 0) is 25.9 Å². The summed E-state index contributed by atoms with van der Waals surface area (Å²) in [5, 5.41) is 10.2. The van der Waals surface area contributed by atoms with E-state index in [1.54, 1.807) is 0 Å². The van der Waals surface area contributed by atoms with Crippen LogP contribution in [-0.4, -0.2) is 9.97 Å². The number of hydrogen-bond donors (Lipinski definition) is 4. The molecule has 0 fully saturated rings. The Balaban J connectivity index is 0.000000153. The smallest absolute Gasteiger partial charge is 0.0478 e. The average molecular weight is 648 g/mol. The van der Waals surface area contributed by atoms with Gasteiger partial charge in [0.1, 0.15) is 0 Å². The minimum atomic E-state index is 0. The van der Waals surface area contributed by atoms with E-state index in [2.05, 4.69) is 140 Å². The van der Waals surface area contributed by atoms with Gasteiger partial charge in [-0.2, -0.15) is 0 Å². The molecular weight excluding hydrogens is 604 g/mol. The molecule has 4 nitrogen and oxygen atoms in total. The molecule has 0 unspecified atom stereocenters. The van der Waals surface area contributed by atoms with Crippen molar-refractivity contribution in [2.75, 3.05) is 0 Å². The maximum Gasteiger partial charge on any atom is 0.0478 e. The lowest BCUT2D eigenvalue weighted by Crippen LogP contribution is -2.24. The van der Waals surface area contributed by atoms with Gasteiger partial charge in [0, 0.05) is 62.8 Å². The van der Waals surface area contributed by atoms with Crippen LogP contribution in [0, 0.1) is 0 Å². The molecule has 2 aliphatic carbocycles. The highest BCUT2D eigenvalue weighted by Crippen LogP contribution is 2.36. The van der Waals surface area contributed by atoms with Crippen molar-refractivity contribution in [3.8, 4) is 0 Å². The van der Waals surface area contributed by atoms with Crippen LogP contribution in [0.15, 0.2) is 108 Å². The number of fused-ring (bicyclic) bond motifs is 6. The summed E-state index contributed by atoms with van der Waals surface area (Å²) in [5.41, 5.74) is 11.0. The van der Waals surface area contributed by atoms with E-state index >= 15 is 0 Å². The molecule has 44 heavy (non-hydrogen) atoms. The number of rotatable bonds is 6. The standard InChI is InChI=1S/C19H19BrN2.C19H20N2.CH4/c20-14-9-10-17-16(11-14)15-7-4-8-18(19(15)22-17)21-12-13-5-2-1-3-6-13;1-2-7-14(8-3-1)13-20-18-12-6-10-16-15-9-4-5-11-17(15)21-19(16)18;/h1-3,5-6,9-11,18,21-22H,4,7-8,12H2;1-5,7-9,11,18,20-21H,6,10,12-13H2;1H4/t2*18-;/m11./s1. The van der Waals surface area contributed by atoms with E-state index < -0.39 is 0 Å². The molecule has 2 heterocycles. The van der Waals surface area contributed by atoms with Crippen LogP contribution in [0.1, 0.15) is 78.8 Å². The van der Waals surface area contributed by atoms with E-state index in [1.165, 1.54) is 94.0 Å². The zero-order chi connectivity index (χ0) is 29.0.